The highest BCUT2D eigenvalue weighted by atomic mass is 16.5. The molecule has 1 atom stereocenters. The molecule has 2 aliphatic heterocycles. The van der Waals surface area contributed by atoms with Crippen LogP contribution in [-0.2, 0) is 18.9 Å². The zero-order valence-corrected chi connectivity index (χ0v) is 18.8. The van der Waals surface area contributed by atoms with Crippen molar-refractivity contribution in [3.63, 3.8) is 0 Å². The quantitative estimate of drug-likeness (QED) is 0.417. The molecule has 1 unspecified atom stereocenters. The van der Waals surface area contributed by atoms with Crippen molar-refractivity contribution >= 4 is 22.8 Å². The Balaban J connectivity index is 1.54. The molecule has 0 amide bonds. The molecule has 0 N–H and O–H groups in total. The van der Waals surface area contributed by atoms with Gasteiger partial charge in [-0.05, 0) is 55.5 Å². The molecule has 170 valence electrons. The minimum Gasteiger partial charge on any atom is -0.486 e. The number of carbonyl (C=O) groups is 2. The number of nitrogens with zero attached hydrogens (tertiary/aromatic N) is 2. The number of ketones is 1. The van der Waals surface area contributed by atoms with Crippen molar-refractivity contribution in [1.29, 1.82) is 0 Å². The molecule has 1 aromatic heterocycles. The van der Waals surface area contributed by atoms with E-state index in [0.29, 0.717) is 23.5 Å². The molecule has 1 saturated carbocycles. The molecule has 0 radical (unpaired) electrons. The van der Waals surface area contributed by atoms with E-state index in [1.54, 1.807) is 35.4 Å². The van der Waals surface area contributed by atoms with Gasteiger partial charge < -0.3 is 9.47 Å². The molecule has 6 rings (SSSR count). The van der Waals surface area contributed by atoms with Gasteiger partial charge in [0.2, 0.25) is 0 Å². The zero-order valence-electron chi connectivity index (χ0n) is 18.8. The highest BCUT2D eigenvalue weighted by Gasteiger charge is 2.44. The second kappa shape index (κ2) is 7.07. The van der Waals surface area contributed by atoms with Gasteiger partial charge in [0.15, 0.2) is 5.78 Å². The number of Topliss-reactive ketones (excluding diaryl/α,β-unsaturated/α-hetero) is 1. The molecule has 33 heavy (non-hydrogen) atoms. The van der Waals surface area contributed by atoms with E-state index in [9.17, 15) is 14.4 Å². The maximum Gasteiger partial charge on any atom is 0.328 e. The summed E-state index contributed by atoms with van der Waals surface area (Å²) in [5.74, 6) is 0.492. The number of ether oxygens (including phenoxy) is 2. The number of hydrogen-bond acceptors (Lipinski definition) is 5. The molecule has 3 aliphatic rings. The number of imidazole rings is 1. The van der Waals surface area contributed by atoms with Crippen LogP contribution in [0.2, 0.25) is 0 Å². The first-order valence-electron chi connectivity index (χ1n) is 11.6. The Morgan fingerprint density at radius 3 is 2.48 bits per heavy atom. The molecule has 2 aromatic carbocycles. The van der Waals surface area contributed by atoms with E-state index in [1.165, 1.54) is 0 Å². The molecule has 3 heterocycles. The number of fused-ring (bicyclic) bond motifs is 4. The molecule has 0 bridgehead atoms. The van der Waals surface area contributed by atoms with Crippen LogP contribution in [0.5, 0.6) is 11.5 Å². The lowest BCUT2D eigenvalue weighted by Crippen LogP contribution is -2.44. The van der Waals surface area contributed by atoms with E-state index in [1.807, 2.05) is 18.2 Å². The van der Waals surface area contributed by atoms with Gasteiger partial charge in [0.05, 0.1) is 29.4 Å². The van der Waals surface area contributed by atoms with Crippen molar-refractivity contribution in [3.05, 3.63) is 57.5 Å². The summed E-state index contributed by atoms with van der Waals surface area (Å²) in [5.41, 5.74) is 3.30. The molecule has 7 heteroatoms. The summed E-state index contributed by atoms with van der Waals surface area (Å²) < 4.78 is 15.5. The number of aryl methyl sites for hydroxylation is 2. The molecule has 7 nitrogen and oxygen atoms in total. The summed E-state index contributed by atoms with van der Waals surface area (Å²) in [5, 5.41) is 0. The van der Waals surface area contributed by atoms with Crippen LogP contribution in [0.4, 0.5) is 0 Å². The van der Waals surface area contributed by atoms with Gasteiger partial charge in [0, 0.05) is 25.6 Å². The average Bonchev–Trinajstić information content (AvgIpc) is 3.02. The highest BCUT2D eigenvalue weighted by Crippen LogP contribution is 2.51. The van der Waals surface area contributed by atoms with Gasteiger partial charge in [0.1, 0.15) is 17.1 Å². The number of hydrogen-bond donors (Lipinski definition) is 0. The van der Waals surface area contributed by atoms with Crippen LogP contribution in [0.3, 0.4) is 0 Å². The van der Waals surface area contributed by atoms with E-state index < -0.39 is 5.60 Å². The largest absolute Gasteiger partial charge is 0.486 e. The summed E-state index contributed by atoms with van der Waals surface area (Å²) in [6.45, 7) is 0. The predicted molar refractivity (Wildman–Crippen MR) is 122 cm³/mol. The lowest BCUT2D eigenvalue weighted by molar-refractivity contribution is -0.135. The van der Waals surface area contributed by atoms with Gasteiger partial charge in [-0.25, -0.2) is 4.79 Å². The maximum absolute atomic E-state index is 13.2. The van der Waals surface area contributed by atoms with Crippen LogP contribution in [0.15, 0.2) is 35.1 Å². The Labute approximate surface area is 190 Å². The average molecular weight is 447 g/mol. The van der Waals surface area contributed by atoms with Crippen LogP contribution < -0.4 is 15.2 Å². The molecule has 1 spiro atoms. The molecule has 1 fully saturated rings. The van der Waals surface area contributed by atoms with Gasteiger partial charge in [-0.3, -0.25) is 18.7 Å². The van der Waals surface area contributed by atoms with E-state index in [2.05, 4.69) is 0 Å². The first kappa shape index (κ1) is 20.3. The van der Waals surface area contributed by atoms with Crippen LogP contribution in [0, 0.1) is 0 Å². The molecular weight excluding hydrogens is 420 g/mol. The van der Waals surface area contributed by atoms with E-state index in [4.69, 9.17) is 9.47 Å². The Morgan fingerprint density at radius 1 is 0.939 bits per heavy atom. The summed E-state index contributed by atoms with van der Waals surface area (Å²) in [7, 11) is 3.49. The third-order valence-electron chi connectivity index (χ3n) is 7.66. The van der Waals surface area contributed by atoms with Gasteiger partial charge in [-0.2, -0.15) is 0 Å². The number of carbonyl (C=O) groups excluding carboxylic acids is 2. The van der Waals surface area contributed by atoms with Gasteiger partial charge in [-0.15, -0.1) is 0 Å². The smallest absolute Gasteiger partial charge is 0.328 e. The Kier molecular flexibility index (Phi) is 4.34. The van der Waals surface area contributed by atoms with E-state index in [0.717, 1.165) is 54.3 Å². The van der Waals surface area contributed by atoms with Crippen LogP contribution in [0.1, 0.15) is 72.3 Å². The fourth-order valence-electron chi connectivity index (χ4n) is 5.90. The highest BCUT2D eigenvalue weighted by molar-refractivity contribution is 6.01. The number of rotatable bonds is 1. The van der Waals surface area contributed by atoms with Gasteiger partial charge in [0.25, 0.3) is 0 Å². The second-order valence-electron chi connectivity index (χ2n) is 9.68. The first-order chi connectivity index (χ1) is 15.9. The van der Waals surface area contributed by atoms with Crippen molar-refractivity contribution in [2.24, 2.45) is 14.1 Å². The van der Waals surface area contributed by atoms with Crippen LogP contribution in [0.25, 0.3) is 11.0 Å². The topological polar surface area (TPSA) is 79.5 Å². The van der Waals surface area contributed by atoms with Crippen molar-refractivity contribution in [2.45, 2.75) is 56.5 Å². The fraction of sp³-hybridized carbons (Fsp3) is 0.423. The molecule has 3 aromatic rings. The SMILES string of the molecule is Cn1c(=O)n(C)c2cc(C3CC(=O)Oc4ccc5c(c43)OC3(CCCCC3)CC5=O)ccc21. The molecule has 1 aliphatic carbocycles. The molecule has 0 saturated heterocycles. The third kappa shape index (κ3) is 2.98. The first-order valence-corrected chi connectivity index (χ1v) is 11.6. The minimum absolute atomic E-state index is 0.0949. The van der Waals surface area contributed by atoms with Crippen molar-refractivity contribution < 1.29 is 19.1 Å². The molecular formula is C26H26N2O5. The third-order valence-corrected chi connectivity index (χ3v) is 7.66. The maximum atomic E-state index is 13.2. The monoisotopic (exact) mass is 446 g/mol. The van der Waals surface area contributed by atoms with Crippen LogP contribution in [-0.4, -0.2) is 26.5 Å². The van der Waals surface area contributed by atoms with Gasteiger partial charge in [-0.1, -0.05) is 12.5 Å². The Morgan fingerprint density at radius 2 is 1.70 bits per heavy atom. The normalized spacial score (nSPS) is 21.5. The van der Waals surface area contributed by atoms with Crippen molar-refractivity contribution in [2.75, 3.05) is 0 Å². The second-order valence-corrected chi connectivity index (χ2v) is 9.68. The summed E-state index contributed by atoms with van der Waals surface area (Å²) in [4.78, 5) is 38.1. The Bertz CT molecular complexity index is 1390. The minimum atomic E-state index is -0.462. The standard InChI is InChI=1S/C26H26N2O5/c1-27-18-8-6-15(12-19(18)28(2)25(27)31)17-13-22(30)32-21-9-7-16-20(29)14-26(10-4-3-5-11-26)33-24(16)23(17)21/h6-9,12,17H,3-5,10-11,13-14H2,1-2H3. The van der Waals surface area contributed by atoms with E-state index >= 15 is 0 Å². The van der Waals surface area contributed by atoms with Crippen molar-refractivity contribution in [1.82, 2.24) is 9.13 Å². The van der Waals surface area contributed by atoms with Crippen LogP contribution >= 0.6 is 0 Å². The Hall–Kier alpha value is -3.35. The number of benzene rings is 2. The van der Waals surface area contributed by atoms with Crippen molar-refractivity contribution in [3.8, 4) is 11.5 Å². The summed E-state index contributed by atoms with van der Waals surface area (Å²) >= 11 is 0. The van der Waals surface area contributed by atoms with E-state index in [-0.39, 0.29) is 29.8 Å². The predicted octanol–water partition coefficient (Wildman–Crippen LogP) is 3.99. The lowest BCUT2D eigenvalue weighted by Gasteiger charge is -2.42. The summed E-state index contributed by atoms with van der Waals surface area (Å²) in [6.07, 6.45) is 5.55. The lowest BCUT2D eigenvalue weighted by atomic mass is 9.76. The fourth-order valence-corrected chi connectivity index (χ4v) is 5.90. The number of esters is 1. The van der Waals surface area contributed by atoms with Gasteiger partial charge >= 0.3 is 11.7 Å². The number of aromatic nitrogens is 2. The summed E-state index contributed by atoms with van der Waals surface area (Å²) in [6, 6.07) is 9.27. The zero-order chi connectivity index (χ0) is 22.9.